The molecule has 1 aliphatic rings. The van der Waals surface area contributed by atoms with Gasteiger partial charge in [-0.25, -0.2) is 18.2 Å². The number of hydrogen-bond acceptors (Lipinski definition) is 4. The molecule has 0 bridgehead atoms. The summed E-state index contributed by atoms with van der Waals surface area (Å²) in [7, 11) is 0. The largest absolute Gasteiger partial charge is 0.366 e. The number of ether oxygens (including phenoxy) is 1. The van der Waals surface area contributed by atoms with Gasteiger partial charge >= 0.3 is 0 Å². The Hall–Kier alpha value is -1.99. The molecular formula is C16H16F3N3O. The van der Waals surface area contributed by atoms with Crippen molar-refractivity contribution in [2.75, 3.05) is 19.9 Å². The van der Waals surface area contributed by atoms with Gasteiger partial charge in [-0.1, -0.05) is 0 Å². The zero-order valence-electron chi connectivity index (χ0n) is 12.4. The van der Waals surface area contributed by atoms with Crippen molar-refractivity contribution in [1.29, 1.82) is 0 Å². The number of hydrogen-bond donors (Lipinski definition) is 0. The molecular weight excluding hydrogens is 307 g/mol. The molecule has 1 aromatic heterocycles. The minimum absolute atomic E-state index is 0.422. The average Bonchev–Trinajstić information content (AvgIpc) is 2.56. The van der Waals surface area contributed by atoms with E-state index in [0.717, 1.165) is 37.4 Å². The van der Waals surface area contributed by atoms with Crippen LogP contribution in [0.25, 0.3) is 11.3 Å². The lowest BCUT2D eigenvalue weighted by molar-refractivity contribution is -0.0182. The molecule has 0 N–H and O–H groups in total. The van der Waals surface area contributed by atoms with Crippen molar-refractivity contribution < 1.29 is 17.9 Å². The van der Waals surface area contributed by atoms with E-state index in [4.69, 9.17) is 4.74 Å². The van der Waals surface area contributed by atoms with Gasteiger partial charge in [0, 0.05) is 31.5 Å². The Morgan fingerprint density at radius 1 is 1.26 bits per heavy atom. The molecule has 0 radical (unpaired) electrons. The highest BCUT2D eigenvalue weighted by atomic mass is 19.3. The van der Waals surface area contributed by atoms with Gasteiger partial charge in [0.15, 0.2) is 0 Å². The first-order chi connectivity index (χ1) is 11.1. The normalized spacial score (nSPS) is 16.0. The van der Waals surface area contributed by atoms with Crippen LogP contribution in [0.1, 0.15) is 24.1 Å². The van der Waals surface area contributed by atoms with E-state index in [1.165, 1.54) is 12.3 Å². The first-order valence-corrected chi connectivity index (χ1v) is 7.32. The maximum atomic E-state index is 13.4. The summed E-state index contributed by atoms with van der Waals surface area (Å²) in [5.41, 5.74) is 0.961. The number of alkyl halides is 2. The van der Waals surface area contributed by atoms with Crippen LogP contribution >= 0.6 is 0 Å². The van der Waals surface area contributed by atoms with Gasteiger partial charge in [0.25, 0.3) is 6.43 Å². The van der Waals surface area contributed by atoms with Gasteiger partial charge < -0.3 is 4.74 Å². The standard InChI is InChI=1S/C16H16F3N3O/c17-14-3-2-11(6-13(14)16(18)19)15-8-20-7-12(21-15)9-22-4-1-5-23-10-22/h2-3,6-8,16H,1,4-5,9-10H2. The van der Waals surface area contributed by atoms with Crippen LogP contribution in [-0.4, -0.2) is 34.8 Å². The van der Waals surface area contributed by atoms with Crippen molar-refractivity contribution in [3.63, 3.8) is 0 Å². The summed E-state index contributed by atoms with van der Waals surface area (Å²) in [5, 5.41) is 0. The van der Waals surface area contributed by atoms with Crippen LogP contribution in [0.4, 0.5) is 13.2 Å². The third-order valence-corrected chi connectivity index (χ3v) is 3.63. The highest BCUT2D eigenvalue weighted by Crippen LogP contribution is 2.27. The zero-order chi connectivity index (χ0) is 16.2. The van der Waals surface area contributed by atoms with Crippen molar-refractivity contribution in [3.05, 3.63) is 47.7 Å². The molecule has 0 saturated carbocycles. The first kappa shape index (κ1) is 15.9. The molecule has 23 heavy (non-hydrogen) atoms. The Kier molecular flexibility index (Phi) is 4.88. The molecule has 0 spiro atoms. The molecule has 0 aliphatic carbocycles. The predicted octanol–water partition coefficient (Wildman–Crippen LogP) is 3.40. The van der Waals surface area contributed by atoms with Gasteiger partial charge in [0.1, 0.15) is 5.82 Å². The van der Waals surface area contributed by atoms with Crippen LogP contribution in [0.15, 0.2) is 30.6 Å². The molecule has 2 aromatic rings. The van der Waals surface area contributed by atoms with Crippen LogP contribution in [0.5, 0.6) is 0 Å². The molecule has 1 aliphatic heterocycles. The van der Waals surface area contributed by atoms with Crippen LogP contribution in [-0.2, 0) is 11.3 Å². The predicted molar refractivity (Wildman–Crippen MR) is 78.2 cm³/mol. The van der Waals surface area contributed by atoms with Gasteiger partial charge in [-0.3, -0.25) is 9.88 Å². The number of halogens is 3. The molecule has 2 heterocycles. The van der Waals surface area contributed by atoms with E-state index in [1.807, 2.05) is 0 Å². The molecule has 0 unspecified atom stereocenters. The van der Waals surface area contributed by atoms with Crippen molar-refractivity contribution in [3.8, 4) is 11.3 Å². The van der Waals surface area contributed by atoms with Crippen molar-refractivity contribution in [2.24, 2.45) is 0 Å². The monoisotopic (exact) mass is 323 g/mol. The summed E-state index contributed by atoms with van der Waals surface area (Å²) in [4.78, 5) is 10.6. The number of rotatable bonds is 4. The van der Waals surface area contributed by atoms with Crippen LogP contribution in [0, 0.1) is 5.82 Å². The minimum Gasteiger partial charge on any atom is -0.366 e. The van der Waals surface area contributed by atoms with Crippen molar-refractivity contribution in [2.45, 2.75) is 19.4 Å². The summed E-state index contributed by atoms with van der Waals surface area (Å²) in [6, 6.07) is 3.58. The first-order valence-electron chi connectivity index (χ1n) is 7.32. The van der Waals surface area contributed by atoms with Crippen LogP contribution in [0.2, 0.25) is 0 Å². The second-order valence-electron chi connectivity index (χ2n) is 5.38. The van der Waals surface area contributed by atoms with E-state index < -0.39 is 17.8 Å². The van der Waals surface area contributed by atoms with E-state index in [2.05, 4.69) is 14.9 Å². The summed E-state index contributed by atoms with van der Waals surface area (Å²) in [6.45, 7) is 2.79. The molecule has 4 nitrogen and oxygen atoms in total. The lowest BCUT2D eigenvalue weighted by atomic mass is 10.1. The quantitative estimate of drug-likeness (QED) is 0.864. The smallest absolute Gasteiger partial charge is 0.266 e. The zero-order valence-corrected chi connectivity index (χ0v) is 12.4. The van der Waals surface area contributed by atoms with E-state index in [-0.39, 0.29) is 0 Å². The van der Waals surface area contributed by atoms with E-state index in [9.17, 15) is 13.2 Å². The van der Waals surface area contributed by atoms with Gasteiger partial charge in [-0.05, 0) is 24.6 Å². The Balaban J connectivity index is 1.83. The summed E-state index contributed by atoms with van der Waals surface area (Å²) in [5.74, 6) is -0.918. The molecule has 122 valence electrons. The van der Waals surface area contributed by atoms with E-state index in [0.29, 0.717) is 24.5 Å². The Morgan fingerprint density at radius 2 is 2.13 bits per heavy atom. The second kappa shape index (κ2) is 7.06. The minimum atomic E-state index is -2.86. The van der Waals surface area contributed by atoms with E-state index in [1.54, 1.807) is 6.20 Å². The Labute approximate surface area is 131 Å². The second-order valence-corrected chi connectivity index (χ2v) is 5.38. The van der Waals surface area contributed by atoms with Gasteiger partial charge in [-0.15, -0.1) is 0 Å². The lowest BCUT2D eigenvalue weighted by Crippen LogP contribution is -2.32. The molecule has 3 rings (SSSR count). The molecule has 0 atom stereocenters. The topological polar surface area (TPSA) is 38.2 Å². The van der Waals surface area contributed by atoms with Crippen molar-refractivity contribution >= 4 is 0 Å². The van der Waals surface area contributed by atoms with Crippen LogP contribution < -0.4 is 0 Å². The highest BCUT2D eigenvalue weighted by Gasteiger charge is 2.16. The fourth-order valence-electron chi connectivity index (χ4n) is 2.49. The highest BCUT2D eigenvalue weighted by molar-refractivity contribution is 5.59. The number of benzene rings is 1. The summed E-state index contributed by atoms with van der Waals surface area (Å²) < 4.78 is 44.4. The third kappa shape index (κ3) is 3.86. The summed E-state index contributed by atoms with van der Waals surface area (Å²) in [6.07, 6.45) is 1.22. The summed E-state index contributed by atoms with van der Waals surface area (Å²) >= 11 is 0. The SMILES string of the molecule is Fc1ccc(-c2cncc(CN3CCCOC3)n2)cc1C(F)F. The number of aromatic nitrogens is 2. The fourth-order valence-corrected chi connectivity index (χ4v) is 2.49. The molecule has 1 saturated heterocycles. The van der Waals surface area contributed by atoms with Gasteiger partial charge in [0.05, 0.1) is 29.9 Å². The molecule has 7 heteroatoms. The Morgan fingerprint density at radius 3 is 2.87 bits per heavy atom. The molecule has 1 fully saturated rings. The molecule has 0 amide bonds. The van der Waals surface area contributed by atoms with Crippen LogP contribution in [0.3, 0.4) is 0 Å². The maximum Gasteiger partial charge on any atom is 0.266 e. The lowest BCUT2D eigenvalue weighted by Gasteiger charge is -2.26. The average molecular weight is 323 g/mol. The maximum absolute atomic E-state index is 13.4. The fraction of sp³-hybridized carbons (Fsp3) is 0.375. The van der Waals surface area contributed by atoms with Gasteiger partial charge in [-0.2, -0.15) is 0 Å². The van der Waals surface area contributed by atoms with E-state index >= 15 is 0 Å². The van der Waals surface area contributed by atoms with Crippen molar-refractivity contribution in [1.82, 2.24) is 14.9 Å². The number of nitrogens with zero attached hydrogens (tertiary/aromatic N) is 3. The van der Waals surface area contributed by atoms with Gasteiger partial charge in [0.2, 0.25) is 0 Å². The Bertz CT molecular complexity index is 675. The molecule has 1 aromatic carbocycles. The third-order valence-electron chi connectivity index (χ3n) is 3.63.